The molecule has 0 saturated heterocycles. The summed E-state index contributed by atoms with van der Waals surface area (Å²) in [7, 11) is 0. The van der Waals surface area contributed by atoms with Crippen molar-refractivity contribution in [1.29, 1.82) is 5.26 Å². The van der Waals surface area contributed by atoms with E-state index >= 15 is 0 Å². The van der Waals surface area contributed by atoms with Gasteiger partial charge in [-0.2, -0.15) is 5.26 Å². The molecule has 0 amide bonds. The number of nitriles is 1. The van der Waals surface area contributed by atoms with Crippen LogP contribution in [0.2, 0.25) is 0 Å². The summed E-state index contributed by atoms with van der Waals surface area (Å²) in [6.45, 7) is 1.67. The highest BCUT2D eigenvalue weighted by atomic mass is 35.5. The average Bonchev–Trinajstić information content (AvgIpc) is 2.36. The number of hydrogen-bond acceptors (Lipinski definition) is 3. The van der Waals surface area contributed by atoms with Crippen LogP contribution in [-0.2, 0) is 10.6 Å². The van der Waals surface area contributed by atoms with Crippen LogP contribution in [-0.4, -0.2) is 12.6 Å². The fourth-order valence-electron chi connectivity index (χ4n) is 1.54. The molecule has 0 spiro atoms. The number of halogens is 3. The number of carbonyl (C=O) groups excluding carboxylic acids is 1. The molecule has 0 aliphatic rings. The lowest BCUT2D eigenvalue weighted by atomic mass is 9.97. The molecule has 0 aliphatic heterocycles. The molecule has 0 saturated carbocycles. The van der Waals surface area contributed by atoms with E-state index in [1.807, 2.05) is 0 Å². The number of benzene rings is 1. The van der Waals surface area contributed by atoms with Gasteiger partial charge in [-0.25, -0.2) is 13.6 Å². The van der Waals surface area contributed by atoms with Crippen LogP contribution in [0.5, 0.6) is 0 Å². The Kier molecular flexibility index (Phi) is 5.05. The Balaban J connectivity index is 3.47. The van der Waals surface area contributed by atoms with Gasteiger partial charge in [0.25, 0.3) is 6.43 Å². The standard InChI is InChI=1S/C12H10ClF2NO2/c1-2-18-12(17)10-7(6-16)3-4-8(11(14)15)9(10)5-13/h3-4,11H,2,5H2,1H3. The van der Waals surface area contributed by atoms with Crippen molar-refractivity contribution in [2.75, 3.05) is 6.61 Å². The molecule has 0 heterocycles. The van der Waals surface area contributed by atoms with Crippen molar-refractivity contribution in [3.05, 3.63) is 34.4 Å². The third-order valence-corrected chi connectivity index (χ3v) is 2.59. The van der Waals surface area contributed by atoms with Crippen LogP contribution in [0.4, 0.5) is 8.78 Å². The summed E-state index contributed by atoms with van der Waals surface area (Å²) in [6.07, 6.45) is -2.76. The average molecular weight is 274 g/mol. The molecule has 3 nitrogen and oxygen atoms in total. The Labute approximate surface area is 108 Å². The Morgan fingerprint density at radius 3 is 2.67 bits per heavy atom. The van der Waals surface area contributed by atoms with Crippen molar-refractivity contribution in [2.45, 2.75) is 19.2 Å². The van der Waals surface area contributed by atoms with Crippen molar-refractivity contribution >= 4 is 17.6 Å². The first kappa shape index (κ1) is 14.4. The van der Waals surface area contributed by atoms with Gasteiger partial charge in [-0.05, 0) is 18.6 Å². The third kappa shape index (κ3) is 2.77. The zero-order chi connectivity index (χ0) is 13.7. The quantitative estimate of drug-likeness (QED) is 0.624. The molecule has 1 rings (SSSR count). The number of esters is 1. The van der Waals surface area contributed by atoms with Crippen molar-refractivity contribution in [3.63, 3.8) is 0 Å². The van der Waals surface area contributed by atoms with Crippen molar-refractivity contribution in [2.24, 2.45) is 0 Å². The maximum absolute atomic E-state index is 12.8. The Hall–Kier alpha value is -1.67. The maximum Gasteiger partial charge on any atom is 0.339 e. The molecule has 0 fully saturated rings. The third-order valence-electron chi connectivity index (χ3n) is 2.32. The number of carbonyl (C=O) groups is 1. The molecule has 0 aliphatic carbocycles. The summed E-state index contributed by atoms with van der Waals surface area (Å²) in [5.41, 5.74) is -0.600. The van der Waals surface area contributed by atoms with Crippen LogP contribution in [0.1, 0.15) is 40.4 Å². The van der Waals surface area contributed by atoms with E-state index < -0.39 is 12.4 Å². The van der Waals surface area contributed by atoms with Crippen LogP contribution in [0.15, 0.2) is 12.1 Å². The summed E-state index contributed by atoms with van der Waals surface area (Å²) in [5.74, 6) is -1.10. The molecule has 0 bridgehead atoms. The molecule has 0 atom stereocenters. The van der Waals surface area contributed by atoms with Crippen LogP contribution < -0.4 is 0 Å². The van der Waals surface area contributed by atoms with Crippen LogP contribution in [0.3, 0.4) is 0 Å². The van der Waals surface area contributed by atoms with Gasteiger partial charge in [0.15, 0.2) is 0 Å². The number of alkyl halides is 3. The topological polar surface area (TPSA) is 50.1 Å². The summed E-state index contributed by atoms with van der Waals surface area (Å²) >= 11 is 5.60. The van der Waals surface area contributed by atoms with E-state index in [9.17, 15) is 13.6 Å². The highest BCUT2D eigenvalue weighted by Crippen LogP contribution is 2.29. The van der Waals surface area contributed by atoms with Crippen molar-refractivity contribution in [1.82, 2.24) is 0 Å². The predicted molar refractivity (Wildman–Crippen MR) is 61.6 cm³/mol. The van der Waals surface area contributed by atoms with Crippen LogP contribution >= 0.6 is 11.6 Å². The van der Waals surface area contributed by atoms with Gasteiger partial charge in [-0.1, -0.05) is 6.07 Å². The van der Waals surface area contributed by atoms with Crippen molar-refractivity contribution in [3.8, 4) is 6.07 Å². The largest absolute Gasteiger partial charge is 0.462 e. The molecular formula is C12H10ClF2NO2. The van der Waals surface area contributed by atoms with Gasteiger partial charge in [0.05, 0.1) is 17.7 Å². The second-order valence-electron chi connectivity index (χ2n) is 3.32. The number of rotatable bonds is 4. The zero-order valence-electron chi connectivity index (χ0n) is 9.54. The fraction of sp³-hybridized carbons (Fsp3) is 0.333. The molecule has 0 N–H and O–H groups in total. The Bertz CT molecular complexity index is 498. The first-order valence-corrected chi connectivity index (χ1v) is 5.67. The van der Waals surface area contributed by atoms with E-state index in [-0.39, 0.29) is 34.7 Å². The van der Waals surface area contributed by atoms with E-state index in [0.717, 1.165) is 6.07 Å². The van der Waals surface area contributed by atoms with Gasteiger partial charge in [0.1, 0.15) is 6.07 Å². The summed E-state index contributed by atoms with van der Waals surface area (Å²) in [6, 6.07) is 4.04. The lowest BCUT2D eigenvalue weighted by Crippen LogP contribution is -2.12. The van der Waals surface area contributed by atoms with Gasteiger partial charge in [0.2, 0.25) is 0 Å². The SMILES string of the molecule is CCOC(=O)c1c(C#N)ccc(C(F)F)c1CCl. The Morgan fingerprint density at radius 2 is 2.22 bits per heavy atom. The number of hydrogen-bond donors (Lipinski definition) is 0. The van der Waals surface area contributed by atoms with Crippen molar-refractivity contribution < 1.29 is 18.3 Å². The number of nitrogens with zero attached hydrogens (tertiary/aromatic N) is 1. The highest BCUT2D eigenvalue weighted by Gasteiger charge is 2.23. The second-order valence-corrected chi connectivity index (χ2v) is 3.59. The first-order chi connectivity index (χ1) is 8.56. The smallest absolute Gasteiger partial charge is 0.339 e. The van der Waals surface area contributed by atoms with E-state index in [2.05, 4.69) is 0 Å². The van der Waals surface area contributed by atoms with E-state index in [1.54, 1.807) is 13.0 Å². The lowest BCUT2D eigenvalue weighted by Gasteiger charge is -2.13. The molecule has 18 heavy (non-hydrogen) atoms. The number of ether oxygens (including phenoxy) is 1. The molecule has 0 radical (unpaired) electrons. The minimum absolute atomic E-state index is 0.0199. The highest BCUT2D eigenvalue weighted by molar-refractivity contribution is 6.18. The fourth-order valence-corrected chi connectivity index (χ4v) is 1.83. The zero-order valence-corrected chi connectivity index (χ0v) is 10.3. The summed E-state index contributed by atoms with van der Waals surface area (Å²) in [5, 5.41) is 8.90. The van der Waals surface area contributed by atoms with E-state index in [4.69, 9.17) is 21.6 Å². The van der Waals surface area contributed by atoms with E-state index in [1.165, 1.54) is 6.07 Å². The van der Waals surface area contributed by atoms with Gasteiger partial charge >= 0.3 is 5.97 Å². The normalized spacial score (nSPS) is 10.2. The maximum atomic E-state index is 12.8. The minimum Gasteiger partial charge on any atom is -0.462 e. The first-order valence-electron chi connectivity index (χ1n) is 5.13. The molecule has 1 aromatic rings. The van der Waals surface area contributed by atoms with Crippen LogP contribution in [0.25, 0.3) is 0 Å². The Morgan fingerprint density at radius 1 is 1.56 bits per heavy atom. The van der Waals surface area contributed by atoms with E-state index in [0.29, 0.717) is 0 Å². The lowest BCUT2D eigenvalue weighted by molar-refractivity contribution is 0.0524. The summed E-state index contributed by atoms with van der Waals surface area (Å²) < 4.78 is 30.3. The monoisotopic (exact) mass is 273 g/mol. The minimum atomic E-state index is -2.76. The van der Waals surface area contributed by atoms with Gasteiger partial charge in [-0.15, -0.1) is 11.6 Å². The molecule has 96 valence electrons. The van der Waals surface area contributed by atoms with Gasteiger partial charge < -0.3 is 4.74 Å². The molecular weight excluding hydrogens is 264 g/mol. The summed E-state index contributed by atoms with van der Waals surface area (Å²) in [4.78, 5) is 11.7. The molecule has 1 aromatic carbocycles. The molecule has 6 heteroatoms. The van der Waals surface area contributed by atoms with Crippen LogP contribution in [0, 0.1) is 11.3 Å². The van der Waals surface area contributed by atoms with Gasteiger partial charge in [0, 0.05) is 11.4 Å². The van der Waals surface area contributed by atoms with Gasteiger partial charge in [-0.3, -0.25) is 0 Å². The predicted octanol–water partition coefficient (Wildman–Crippen LogP) is 3.41. The second kappa shape index (κ2) is 6.31. The molecule has 0 aromatic heterocycles. The molecule has 0 unspecified atom stereocenters.